The minimum absolute atomic E-state index is 0.105. The summed E-state index contributed by atoms with van der Waals surface area (Å²) in [5.41, 5.74) is 8.21. The molecule has 0 spiro atoms. The fraction of sp³-hybridized carbons (Fsp3) is 0.714. The normalized spacial score (nSPS) is 12.5. The molecule has 2 N–H and O–H groups in total. The Morgan fingerprint density at radius 1 is 1.42 bits per heavy atom. The maximum atomic E-state index is 12.3. The Hall–Kier alpha value is -1.52. The van der Waals surface area contributed by atoms with Gasteiger partial charge >= 0.3 is 0 Å². The summed E-state index contributed by atoms with van der Waals surface area (Å²) >= 11 is 0. The molecule has 1 amide bonds. The molecule has 1 heterocycles. The van der Waals surface area contributed by atoms with E-state index >= 15 is 0 Å². The lowest BCUT2D eigenvalue weighted by atomic mass is 10.1. The van der Waals surface area contributed by atoms with E-state index in [2.05, 4.69) is 18.9 Å². The third-order valence-corrected chi connectivity index (χ3v) is 3.69. The number of hydrogen-bond donors (Lipinski definition) is 1. The van der Waals surface area contributed by atoms with E-state index in [-0.39, 0.29) is 12.5 Å². The van der Waals surface area contributed by atoms with Crippen LogP contribution in [0.2, 0.25) is 0 Å². The van der Waals surface area contributed by atoms with Crippen molar-refractivity contribution in [2.24, 2.45) is 5.92 Å². The van der Waals surface area contributed by atoms with Gasteiger partial charge in [-0.15, -0.1) is 0 Å². The number of carbonyl (C=O) groups excluding carboxylic acids is 1. The second-order valence-corrected chi connectivity index (χ2v) is 5.19. The minimum atomic E-state index is 0.105. The third-order valence-electron chi connectivity index (χ3n) is 3.69. The van der Waals surface area contributed by atoms with Gasteiger partial charge in [0.05, 0.1) is 17.1 Å². The summed E-state index contributed by atoms with van der Waals surface area (Å²) in [5, 5.41) is 4.31. The average Bonchev–Trinajstić information content (AvgIpc) is 2.63. The maximum Gasteiger partial charge on any atom is 0.244 e. The van der Waals surface area contributed by atoms with Crippen LogP contribution in [0.15, 0.2) is 0 Å². The Balaban J connectivity index is 2.74. The molecule has 5 nitrogen and oxygen atoms in total. The fourth-order valence-electron chi connectivity index (χ4n) is 2.01. The van der Waals surface area contributed by atoms with Gasteiger partial charge in [-0.1, -0.05) is 20.3 Å². The largest absolute Gasteiger partial charge is 0.396 e. The molecule has 0 bridgehead atoms. The van der Waals surface area contributed by atoms with E-state index in [4.69, 9.17) is 5.73 Å². The number of hydrogen-bond acceptors (Lipinski definition) is 3. The molecule has 1 rings (SSSR count). The van der Waals surface area contributed by atoms with Crippen molar-refractivity contribution in [3.63, 3.8) is 0 Å². The Labute approximate surface area is 115 Å². The van der Waals surface area contributed by atoms with Crippen molar-refractivity contribution in [2.45, 2.75) is 47.6 Å². The summed E-state index contributed by atoms with van der Waals surface area (Å²) in [4.78, 5) is 14.2. The van der Waals surface area contributed by atoms with Gasteiger partial charge in [0.1, 0.15) is 6.54 Å². The molecule has 0 fully saturated rings. The Morgan fingerprint density at radius 3 is 2.47 bits per heavy atom. The highest BCUT2D eigenvalue weighted by Gasteiger charge is 2.17. The molecule has 5 heteroatoms. The van der Waals surface area contributed by atoms with Gasteiger partial charge in [-0.2, -0.15) is 5.10 Å². The Bertz CT molecular complexity index is 439. The van der Waals surface area contributed by atoms with Crippen molar-refractivity contribution in [1.29, 1.82) is 0 Å². The number of amides is 1. The number of nitrogen functional groups attached to an aromatic ring is 1. The van der Waals surface area contributed by atoms with Crippen LogP contribution in [-0.2, 0) is 11.3 Å². The van der Waals surface area contributed by atoms with Gasteiger partial charge in [-0.05, 0) is 26.7 Å². The molecular weight excluding hydrogens is 240 g/mol. The lowest BCUT2D eigenvalue weighted by Crippen LogP contribution is -2.37. The summed E-state index contributed by atoms with van der Waals surface area (Å²) in [6.07, 6.45) is 1.08. The van der Waals surface area contributed by atoms with Crippen LogP contribution in [0, 0.1) is 19.8 Å². The van der Waals surface area contributed by atoms with Crippen LogP contribution in [0.25, 0.3) is 0 Å². The number of aromatic nitrogens is 2. The van der Waals surface area contributed by atoms with Crippen molar-refractivity contribution in [2.75, 3.05) is 18.8 Å². The van der Waals surface area contributed by atoms with Crippen LogP contribution in [0.1, 0.15) is 38.6 Å². The maximum absolute atomic E-state index is 12.3. The summed E-state index contributed by atoms with van der Waals surface area (Å²) < 4.78 is 1.70. The smallest absolute Gasteiger partial charge is 0.244 e. The van der Waals surface area contributed by atoms with E-state index in [9.17, 15) is 4.79 Å². The van der Waals surface area contributed by atoms with Crippen LogP contribution >= 0.6 is 0 Å². The number of carbonyl (C=O) groups is 1. The monoisotopic (exact) mass is 266 g/mol. The van der Waals surface area contributed by atoms with Crippen molar-refractivity contribution in [3.8, 4) is 0 Å². The molecule has 0 saturated carbocycles. The van der Waals surface area contributed by atoms with Crippen LogP contribution in [0.4, 0.5) is 5.69 Å². The van der Waals surface area contributed by atoms with Crippen molar-refractivity contribution >= 4 is 11.6 Å². The highest BCUT2D eigenvalue weighted by atomic mass is 16.2. The van der Waals surface area contributed by atoms with Crippen LogP contribution in [-0.4, -0.2) is 33.7 Å². The summed E-state index contributed by atoms with van der Waals surface area (Å²) in [6, 6.07) is 0. The lowest BCUT2D eigenvalue weighted by Gasteiger charge is -2.24. The van der Waals surface area contributed by atoms with Crippen molar-refractivity contribution < 1.29 is 4.79 Å². The first-order valence-electron chi connectivity index (χ1n) is 6.97. The summed E-state index contributed by atoms with van der Waals surface area (Å²) in [5.74, 6) is 0.628. The van der Waals surface area contributed by atoms with E-state index in [1.165, 1.54) is 0 Å². The molecule has 0 radical (unpaired) electrons. The van der Waals surface area contributed by atoms with Crippen LogP contribution < -0.4 is 5.73 Å². The predicted molar refractivity (Wildman–Crippen MR) is 77.8 cm³/mol. The van der Waals surface area contributed by atoms with Crippen molar-refractivity contribution in [3.05, 3.63) is 11.4 Å². The molecule has 1 aromatic rings. The zero-order valence-corrected chi connectivity index (χ0v) is 12.7. The van der Waals surface area contributed by atoms with E-state index in [1.54, 1.807) is 4.68 Å². The van der Waals surface area contributed by atoms with E-state index in [1.807, 2.05) is 25.7 Å². The SMILES string of the molecule is CCC(C)CN(CC)C(=O)Cn1nc(C)c(N)c1C. The zero-order chi connectivity index (χ0) is 14.6. The molecule has 19 heavy (non-hydrogen) atoms. The molecule has 0 saturated heterocycles. The predicted octanol–water partition coefficient (Wildman–Crippen LogP) is 1.98. The second kappa shape index (κ2) is 6.59. The van der Waals surface area contributed by atoms with E-state index in [0.29, 0.717) is 11.6 Å². The molecule has 108 valence electrons. The zero-order valence-electron chi connectivity index (χ0n) is 12.7. The van der Waals surface area contributed by atoms with Gasteiger partial charge in [0.25, 0.3) is 0 Å². The molecule has 0 aliphatic rings. The number of nitrogens with two attached hydrogens (primary N) is 1. The summed E-state index contributed by atoms with van der Waals surface area (Å²) in [7, 11) is 0. The molecular formula is C14H26N4O. The van der Waals surface area contributed by atoms with Gasteiger partial charge in [-0.3, -0.25) is 9.48 Å². The number of likely N-dealkylation sites (N-methyl/N-ethyl adjacent to an activating group) is 1. The third kappa shape index (κ3) is 3.72. The van der Waals surface area contributed by atoms with Gasteiger partial charge in [-0.25, -0.2) is 0 Å². The molecule has 0 aliphatic heterocycles. The number of rotatable bonds is 6. The topological polar surface area (TPSA) is 64.2 Å². The number of aryl methyl sites for hydroxylation is 1. The highest BCUT2D eigenvalue weighted by Crippen LogP contribution is 2.15. The van der Waals surface area contributed by atoms with Crippen molar-refractivity contribution in [1.82, 2.24) is 14.7 Å². The summed E-state index contributed by atoms with van der Waals surface area (Å²) in [6.45, 7) is 11.9. The van der Waals surface area contributed by atoms with Crippen LogP contribution in [0.5, 0.6) is 0 Å². The Morgan fingerprint density at radius 2 is 2.05 bits per heavy atom. The average molecular weight is 266 g/mol. The molecule has 1 atom stereocenters. The number of anilines is 1. The first kappa shape index (κ1) is 15.5. The number of nitrogens with zero attached hydrogens (tertiary/aromatic N) is 3. The van der Waals surface area contributed by atoms with E-state index < -0.39 is 0 Å². The van der Waals surface area contributed by atoms with Gasteiger partial charge in [0.15, 0.2) is 0 Å². The van der Waals surface area contributed by atoms with Gasteiger partial charge in [0, 0.05) is 13.1 Å². The van der Waals surface area contributed by atoms with Gasteiger partial charge < -0.3 is 10.6 Å². The van der Waals surface area contributed by atoms with Crippen LogP contribution in [0.3, 0.4) is 0 Å². The quantitative estimate of drug-likeness (QED) is 0.856. The lowest BCUT2D eigenvalue weighted by molar-refractivity contribution is -0.132. The molecule has 1 aromatic heterocycles. The van der Waals surface area contributed by atoms with E-state index in [0.717, 1.165) is 30.9 Å². The second-order valence-electron chi connectivity index (χ2n) is 5.19. The molecule has 0 aromatic carbocycles. The highest BCUT2D eigenvalue weighted by molar-refractivity contribution is 5.76. The Kier molecular flexibility index (Phi) is 5.39. The molecule has 1 unspecified atom stereocenters. The standard InChI is InChI=1S/C14H26N4O/c1-6-10(3)8-17(7-2)13(19)9-18-12(5)14(15)11(4)16-18/h10H,6-9,15H2,1-5H3. The minimum Gasteiger partial charge on any atom is -0.396 e. The fourth-order valence-corrected chi connectivity index (χ4v) is 2.01. The van der Waals surface area contributed by atoms with Gasteiger partial charge in [0.2, 0.25) is 5.91 Å². The molecule has 0 aliphatic carbocycles. The first-order valence-corrected chi connectivity index (χ1v) is 6.97. The first-order chi connectivity index (χ1) is 8.90.